The molecule has 22 heavy (non-hydrogen) atoms. The summed E-state index contributed by atoms with van der Waals surface area (Å²) in [4.78, 5) is 29.3. The lowest BCUT2D eigenvalue weighted by Gasteiger charge is -2.35. The van der Waals surface area contributed by atoms with Crippen molar-refractivity contribution < 1.29 is 19.8 Å². The molecule has 0 spiro atoms. The zero-order chi connectivity index (χ0) is 15.7. The van der Waals surface area contributed by atoms with Gasteiger partial charge in [0, 0.05) is 43.1 Å². The molecule has 0 aliphatic carbocycles. The topological polar surface area (TPSA) is 90.7 Å². The molecule has 6 heteroatoms. The molecule has 0 unspecified atom stereocenters. The van der Waals surface area contributed by atoms with E-state index in [0.717, 1.165) is 10.9 Å². The van der Waals surface area contributed by atoms with Gasteiger partial charge in [-0.25, -0.2) is 4.79 Å². The predicted octanol–water partition coefficient (Wildman–Crippen LogP) is 1.29. The maximum Gasteiger partial charge on any atom is 0.335 e. The normalized spacial score (nSPS) is 17.4. The third-order valence-electron chi connectivity index (χ3n) is 4.13. The summed E-state index contributed by atoms with van der Waals surface area (Å²) >= 11 is 0. The number of rotatable bonds is 2. The summed E-state index contributed by atoms with van der Waals surface area (Å²) in [6.07, 6.45) is 1.79. The average molecular weight is 300 g/mol. The van der Waals surface area contributed by atoms with Crippen LogP contribution in [0.3, 0.4) is 0 Å². The Morgan fingerprint density at radius 1 is 1.18 bits per heavy atom. The van der Waals surface area contributed by atoms with Crippen molar-refractivity contribution in [2.45, 2.75) is 18.4 Å². The number of hydrogen-bond donors (Lipinski definition) is 2. The van der Waals surface area contributed by atoms with E-state index >= 15 is 0 Å². The number of aromatic nitrogens is 1. The van der Waals surface area contributed by atoms with Crippen LogP contribution in [0.4, 0.5) is 0 Å². The highest BCUT2D eigenvalue weighted by Gasteiger charge is 2.40. The number of carbonyl (C=O) groups excluding carboxylic acids is 1. The number of carbonyl (C=O) groups is 2. The van der Waals surface area contributed by atoms with Crippen LogP contribution in [0.25, 0.3) is 10.9 Å². The van der Waals surface area contributed by atoms with Crippen LogP contribution in [-0.4, -0.2) is 50.7 Å². The molecule has 1 amide bonds. The zero-order valence-corrected chi connectivity index (χ0v) is 11.9. The van der Waals surface area contributed by atoms with Gasteiger partial charge in [0.15, 0.2) is 5.60 Å². The molecule has 6 nitrogen and oxygen atoms in total. The van der Waals surface area contributed by atoms with E-state index in [9.17, 15) is 14.7 Å². The van der Waals surface area contributed by atoms with Crippen LogP contribution in [-0.2, 0) is 4.79 Å². The number of nitrogens with zero attached hydrogens (tertiary/aromatic N) is 2. The Bertz CT molecular complexity index is 736. The SMILES string of the molecule is O=C(c1ccc2ncccc2c1)N1CCC(O)(C(=O)O)CC1. The number of likely N-dealkylation sites (tertiary alicyclic amines) is 1. The monoisotopic (exact) mass is 300 g/mol. The van der Waals surface area contributed by atoms with Gasteiger partial charge in [0.2, 0.25) is 0 Å². The average Bonchev–Trinajstić information content (AvgIpc) is 2.54. The summed E-state index contributed by atoms with van der Waals surface area (Å²) in [6, 6.07) is 8.99. The fourth-order valence-corrected chi connectivity index (χ4v) is 2.68. The Morgan fingerprint density at radius 2 is 1.91 bits per heavy atom. The number of amides is 1. The van der Waals surface area contributed by atoms with Crippen LogP contribution in [0.5, 0.6) is 0 Å². The lowest BCUT2D eigenvalue weighted by molar-refractivity contribution is -0.162. The lowest BCUT2D eigenvalue weighted by Crippen LogP contribution is -2.50. The molecule has 114 valence electrons. The van der Waals surface area contributed by atoms with Crippen molar-refractivity contribution in [1.82, 2.24) is 9.88 Å². The largest absolute Gasteiger partial charge is 0.479 e. The first-order valence-electron chi connectivity index (χ1n) is 7.09. The minimum absolute atomic E-state index is 0.0449. The second-order valence-corrected chi connectivity index (χ2v) is 5.54. The van der Waals surface area contributed by atoms with Crippen LogP contribution < -0.4 is 0 Å². The van der Waals surface area contributed by atoms with Gasteiger partial charge in [-0.1, -0.05) is 6.07 Å². The van der Waals surface area contributed by atoms with Crippen molar-refractivity contribution >= 4 is 22.8 Å². The van der Waals surface area contributed by atoms with Gasteiger partial charge in [-0.3, -0.25) is 9.78 Å². The van der Waals surface area contributed by atoms with E-state index in [1.807, 2.05) is 12.1 Å². The molecular formula is C16H16N2O4. The molecule has 1 aliphatic heterocycles. The molecule has 3 rings (SSSR count). The first-order chi connectivity index (χ1) is 10.5. The van der Waals surface area contributed by atoms with E-state index in [1.165, 1.54) is 0 Å². The summed E-state index contributed by atoms with van der Waals surface area (Å²) in [5.74, 6) is -1.38. The first-order valence-corrected chi connectivity index (χ1v) is 7.09. The van der Waals surface area contributed by atoms with Gasteiger partial charge in [-0.05, 0) is 24.3 Å². The van der Waals surface area contributed by atoms with E-state index < -0.39 is 11.6 Å². The molecule has 1 saturated heterocycles. The second kappa shape index (κ2) is 5.38. The molecule has 1 aliphatic rings. The van der Waals surface area contributed by atoms with E-state index in [1.54, 1.807) is 29.3 Å². The quantitative estimate of drug-likeness (QED) is 0.872. The highest BCUT2D eigenvalue weighted by Crippen LogP contribution is 2.24. The molecule has 2 N–H and O–H groups in total. The Morgan fingerprint density at radius 3 is 2.59 bits per heavy atom. The van der Waals surface area contributed by atoms with E-state index in [4.69, 9.17) is 5.11 Å². The van der Waals surface area contributed by atoms with E-state index in [0.29, 0.717) is 5.56 Å². The molecule has 0 radical (unpaired) electrons. The smallest absolute Gasteiger partial charge is 0.335 e. The highest BCUT2D eigenvalue weighted by molar-refractivity contribution is 5.98. The number of piperidine rings is 1. The third kappa shape index (κ3) is 2.53. The standard InChI is InChI=1S/C16H16N2O4/c19-14(18-8-5-16(22,6-9-18)15(20)21)12-3-4-13-11(10-12)2-1-7-17-13/h1-4,7,10,22H,5-6,8-9H2,(H,20,21). The van der Waals surface area contributed by atoms with Crippen molar-refractivity contribution in [2.24, 2.45) is 0 Å². The van der Waals surface area contributed by atoms with Gasteiger partial charge in [-0.15, -0.1) is 0 Å². The van der Waals surface area contributed by atoms with Crippen LogP contribution in [0, 0.1) is 0 Å². The fourth-order valence-electron chi connectivity index (χ4n) is 2.68. The number of fused-ring (bicyclic) bond motifs is 1. The van der Waals surface area contributed by atoms with Gasteiger partial charge in [0.1, 0.15) is 0 Å². The van der Waals surface area contributed by atoms with Crippen molar-refractivity contribution in [3.05, 3.63) is 42.1 Å². The number of aliphatic hydroxyl groups is 1. The first kappa shape index (κ1) is 14.5. The summed E-state index contributed by atoms with van der Waals surface area (Å²) in [5.41, 5.74) is -0.358. The van der Waals surface area contributed by atoms with E-state index in [2.05, 4.69) is 4.98 Å². The Kier molecular flexibility index (Phi) is 3.54. The summed E-state index contributed by atoms with van der Waals surface area (Å²) in [5, 5.41) is 19.8. The Balaban J connectivity index is 1.78. The van der Waals surface area contributed by atoms with Crippen LogP contribution in [0.1, 0.15) is 23.2 Å². The molecule has 1 fully saturated rings. The number of carboxylic acid groups (broad SMARTS) is 1. The predicted molar refractivity (Wildman–Crippen MR) is 79.5 cm³/mol. The number of benzene rings is 1. The number of aliphatic carboxylic acids is 1. The molecule has 0 saturated carbocycles. The third-order valence-corrected chi connectivity index (χ3v) is 4.13. The van der Waals surface area contributed by atoms with Gasteiger partial charge >= 0.3 is 5.97 Å². The number of carboxylic acids is 1. The molecular weight excluding hydrogens is 284 g/mol. The van der Waals surface area contributed by atoms with Gasteiger partial charge < -0.3 is 15.1 Å². The Hall–Kier alpha value is -2.47. The van der Waals surface area contributed by atoms with Crippen LogP contribution in [0.2, 0.25) is 0 Å². The molecule has 1 aromatic carbocycles. The van der Waals surface area contributed by atoms with Gasteiger partial charge in [-0.2, -0.15) is 0 Å². The highest BCUT2D eigenvalue weighted by atomic mass is 16.4. The molecule has 0 bridgehead atoms. The maximum absolute atomic E-state index is 12.5. The summed E-state index contributed by atoms with van der Waals surface area (Å²) in [6.45, 7) is 0.458. The van der Waals surface area contributed by atoms with Crippen molar-refractivity contribution in [3.8, 4) is 0 Å². The maximum atomic E-state index is 12.5. The van der Waals surface area contributed by atoms with Gasteiger partial charge in [0.25, 0.3) is 5.91 Å². The fraction of sp³-hybridized carbons (Fsp3) is 0.312. The minimum Gasteiger partial charge on any atom is -0.479 e. The molecule has 2 aromatic rings. The van der Waals surface area contributed by atoms with E-state index in [-0.39, 0.29) is 31.8 Å². The zero-order valence-electron chi connectivity index (χ0n) is 11.9. The van der Waals surface area contributed by atoms with Crippen LogP contribution >= 0.6 is 0 Å². The summed E-state index contributed by atoms with van der Waals surface area (Å²) in [7, 11) is 0. The molecule has 0 atom stereocenters. The number of pyridine rings is 1. The molecule has 2 heterocycles. The lowest BCUT2D eigenvalue weighted by atomic mass is 9.91. The number of hydrogen-bond acceptors (Lipinski definition) is 4. The van der Waals surface area contributed by atoms with Crippen molar-refractivity contribution in [3.63, 3.8) is 0 Å². The summed E-state index contributed by atoms with van der Waals surface area (Å²) < 4.78 is 0. The second-order valence-electron chi connectivity index (χ2n) is 5.54. The van der Waals surface area contributed by atoms with Crippen molar-refractivity contribution in [2.75, 3.05) is 13.1 Å². The minimum atomic E-state index is -1.72. The van der Waals surface area contributed by atoms with Crippen molar-refractivity contribution in [1.29, 1.82) is 0 Å². The Labute approximate surface area is 127 Å². The van der Waals surface area contributed by atoms with Gasteiger partial charge in [0.05, 0.1) is 5.52 Å². The van der Waals surface area contributed by atoms with Crippen LogP contribution in [0.15, 0.2) is 36.5 Å². The molecule has 1 aromatic heterocycles.